The first-order chi connectivity index (χ1) is 18.6. The molecular formula is C26H24F9N3O2. The Balaban J connectivity index is 1.86. The molecular weight excluding hydrogens is 557 g/mol. The van der Waals surface area contributed by atoms with Crippen molar-refractivity contribution in [3.63, 3.8) is 0 Å². The van der Waals surface area contributed by atoms with E-state index < -0.39 is 46.9 Å². The third-order valence-electron chi connectivity index (χ3n) is 5.79. The van der Waals surface area contributed by atoms with Gasteiger partial charge in [0.15, 0.2) is 0 Å². The Hall–Kier alpha value is -3.68. The van der Waals surface area contributed by atoms with Crippen molar-refractivity contribution in [3.05, 3.63) is 88.7 Å². The van der Waals surface area contributed by atoms with Crippen LogP contribution in [0.4, 0.5) is 50.0 Å². The largest absolute Gasteiger partial charge is 0.416 e. The van der Waals surface area contributed by atoms with Gasteiger partial charge < -0.3 is 19.5 Å². The van der Waals surface area contributed by atoms with Crippen LogP contribution >= 0.6 is 0 Å². The SMILES string of the molecule is COCCCN(Cc1cccn1Cc1cccc(C(F)(F)F)c1)C(=O)Nc1cc(C(F)(F)F)cc(C(F)(F)F)c1. The summed E-state index contributed by atoms with van der Waals surface area (Å²) in [7, 11) is 1.41. The predicted molar refractivity (Wildman–Crippen MR) is 127 cm³/mol. The molecule has 0 atom stereocenters. The first-order valence-corrected chi connectivity index (χ1v) is 11.7. The summed E-state index contributed by atoms with van der Waals surface area (Å²) >= 11 is 0. The molecule has 1 heterocycles. The van der Waals surface area contributed by atoms with Crippen molar-refractivity contribution in [2.24, 2.45) is 0 Å². The van der Waals surface area contributed by atoms with Crippen LogP contribution in [-0.2, 0) is 36.4 Å². The number of benzene rings is 2. The summed E-state index contributed by atoms with van der Waals surface area (Å²) in [5.74, 6) is 0. The molecule has 0 saturated carbocycles. The fourth-order valence-corrected chi connectivity index (χ4v) is 3.87. The minimum atomic E-state index is -5.09. The number of aromatic nitrogens is 1. The highest BCUT2D eigenvalue weighted by Gasteiger charge is 2.37. The molecule has 3 rings (SSSR count). The summed E-state index contributed by atoms with van der Waals surface area (Å²) < 4.78 is 125. The van der Waals surface area contributed by atoms with E-state index in [-0.39, 0.29) is 38.7 Å². The quantitative estimate of drug-likeness (QED) is 0.208. The normalized spacial score (nSPS) is 12.4. The predicted octanol–water partition coefficient (Wildman–Crippen LogP) is 7.66. The number of methoxy groups -OCH3 is 1. The van der Waals surface area contributed by atoms with Gasteiger partial charge >= 0.3 is 24.6 Å². The molecule has 0 bridgehead atoms. The molecule has 1 N–H and O–H groups in total. The molecule has 2 aromatic carbocycles. The fraction of sp³-hybridized carbons (Fsp3) is 0.346. The number of urea groups is 1. The summed E-state index contributed by atoms with van der Waals surface area (Å²) in [6, 6.07) is 7.63. The Labute approximate surface area is 223 Å². The van der Waals surface area contributed by atoms with Crippen molar-refractivity contribution in [1.82, 2.24) is 9.47 Å². The molecule has 0 saturated heterocycles. The van der Waals surface area contributed by atoms with Gasteiger partial charge in [-0.2, -0.15) is 39.5 Å². The van der Waals surface area contributed by atoms with Gasteiger partial charge in [-0.05, 0) is 54.4 Å². The number of rotatable bonds is 9. The standard InChI is InChI=1S/C26H24F9N3O2/c1-40-10-4-9-38(23(39)36-21-13-19(25(30,31)32)12-20(14-21)26(33,34)35)16-22-7-3-8-37(22)15-17-5-2-6-18(11-17)24(27,28)29/h2-3,5-8,11-14H,4,9-10,15-16H2,1H3,(H,36,39). The van der Waals surface area contributed by atoms with Crippen LogP contribution in [0.15, 0.2) is 60.8 Å². The smallest absolute Gasteiger partial charge is 0.385 e. The van der Waals surface area contributed by atoms with E-state index in [2.05, 4.69) is 5.32 Å². The van der Waals surface area contributed by atoms with Crippen molar-refractivity contribution < 1.29 is 49.0 Å². The molecule has 5 nitrogen and oxygen atoms in total. The third kappa shape index (κ3) is 8.41. The Morgan fingerprint density at radius 1 is 0.850 bits per heavy atom. The maximum absolute atomic E-state index is 13.2. The van der Waals surface area contributed by atoms with Crippen molar-refractivity contribution in [2.45, 2.75) is 38.0 Å². The second kappa shape index (κ2) is 12.2. The van der Waals surface area contributed by atoms with Crippen molar-refractivity contribution >= 4 is 11.7 Å². The first kappa shape index (κ1) is 30.9. The zero-order valence-electron chi connectivity index (χ0n) is 20.9. The first-order valence-electron chi connectivity index (χ1n) is 11.7. The number of nitrogens with one attached hydrogen (secondary N) is 1. The summed E-state index contributed by atoms with van der Waals surface area (Å²) in [5, 5.41) is 2.11. The van der Waals surface area contributed by atoms with Crippen molar-refractivity contribution in [2.75, 3.05) is 25.6 Å². The van der Waals surface area contributed by atoms with E-state index >= 15 is 0 Å². The average Bonchev–Trinajstić information content (AvgIpc) is 3.28. The molecule has 0 fully saturated rings. The van der Waals surface area contributed by atoms with Gasteiger partial charge in [-0.1, -0.05) is 12.1 Å². The van der Waals surface area contributed by atoms with Crippen LogP contribution < -0.4 is 5.32 Å². The van der Waals surface area contributed by atoms with E-state index in [9.17, 15) is 44.3 Å². The monoisotopic (exact) mass is 581 g/mol. The van der Waals surface area contributed by atoms with Gasteiger partial charge in [0.2, 0.25) is 0 Å². The maximum Gasteiger partial charge on any atom is 0.416 e. The average molecular weight is 581 g/mol. The molecule has 0 aliphatic heterocycles. The molecule has 2 amide bonds. The summed E-state index contributed by atoms with van der Waals surface area (Å²) in [6.45, 7) is 0.0886. The molecule has 0 spiro atoms. The van der Waals surface area contributed by atoms with E-state index in [1.807, 2.05) is 0 Å². The molecule has 40 heavy (non-hydrogen) atoms. The van der Waals surface area contributed by atoms with Crippen LogP contribution in [0, 0.1) is 0 Å². The molecule has 0 radical (unpaired) electrons. The fourth-order valence-electron chi connectivity index (χ4n) is 3.87. The number of ether oxygens (including phenoxy) is 1. The van der Waals surface area contributed by atoms with Crippen LogP contribution in [0.1, 0.15) is 34.4 Å². The lowest BCUT2D eigenvalue weighted by molar-refractivity contribution is -0.143. The highest BCUT2D eigenvalue weighted by Crippen LogP contribution is 2.37. The molecule has 0 unspecified atom stereocenters. The van der Waals surface area contributed by atoms with Crippen molar-refractivity contribution in [3.8, 4) is 0 Å². The summed E-state index contributed by atoms with van der Waals surface area (Å²) in [5.41, 5.74) is -3.92. The van der Waals surface area contributed by atoms with E-state index in [1.54, 1.807) is 22.9 Å². The molecule has 0 aliphatic carbocycles. The van der Waals surface area contributed by atoms with E-state index in [0.29, 0.717) is 23.4 Å². The molecule has 14 heteroatoms. The Bertz CT molecular complexity index is 1270. The van der Waals surface area contributed by atoms with Gasteiger partial charge in [0, 0.05) is 44.4 Å². The number of hydrogen-bond donors (Lipinski definition) is 1. The number of anilines is 1. The highest BCUT2D eigenvalue weighted by molar-refractivity contribution is 5.89. The van der Waals surface area contributed by atoms with Gasteiger partial charge in [0.25, 0.3) is 0 Å². The van der Waals surface area contributed by atoms with Crippen LogP contribution in [0.2, 0.25) is 0 Å². The Morgan fingerprint density at radius 3 is 2.05 bits per heavy atom. The van der Waals surface area contributed by atoms with Crippen LogP contribution in [0.3, 0.4) is 0 Å². The highest BCUT2D eigenvalue weighted by atomic mass is 19.4. The van der Waals surface area contributed by atoms with Gasteiger partial charge in [-0.25, -0.2) is 4.79 Å². The minimum Gasteiger partial charge on any atom is -0.385 e. The number of carbonyl (C=O) groups is 1. The second-order valence-corrected chi connectivity index (χ2v) is 8.82. The topological polar surface area (TPSA) is 46.5 Å². The van der Waals surface area contributed by atoms with E-state index in [4.69, 9.17) is 4.74 Å². The number of amides is 2. The summed E-state index contributed by atoms with van der Waals surface area (Å²) in [4.78, 5) is 14.2. The zero-order chi connectivity index (χ0) is 29.7. The third-order valence-corrected chi connectivity index (χ3v) is 5.79. The Kier molecular flexibility index (Phi) is 9.44. The van der Waals surface area contributed by atoms with Gasteiger partial charge in [0.1, 0.15) is 0 Å². The van der Waals surface area contributed by atoms with E-state index in [1.165, 1.54) is 19.2 Å². The number of carbonyl (C=O) groups excluding carboxylic acids is 1. The minimum absolute atomic E-state index is 0.0134. The maximum atomic E-state index is 13.2. The van der Waals surface area contributed by atoms with Crippen LogP contribution in [-0.4, -0.2) is 35.8 Å². The molecule has 1 aromatic heterocycles. The lowest BCUT2D eigenvalue weighted by Gasteiger charge is -2.24. The molecule has 218 valence electrons. The van der Waals surface area contributed by atoms with Gasteiger partial charge in [-0.3, -0.25) is 0 Å². The second-order valence-electron chi connectivity index (χ2n) is 8.82. The number of nitrogens with zero attached hydrogens (tertiary/aromatic N) is 2. The number of halogens is 9. The summed E-state index contributed by atoms with van der Waals surface area (Å²) in [6.07, 6.45) is -12.9. The van der Waals surface area contributed by atoms with Gasteiger partial charge in [-0.15, -0.1) is 0 Å². The van der Waals surface area contributed by atoms with Gasteiger partial charge in [0.05, 0.1) is 23.2 Å². The van der Waals surface area contributed by atoms with E-state index in [0.717, 1.165) is 17.0 Å². The molecule has 3 aromatic rings. The zero-order valence-corrected chi connectivity index (χ0v) is 20.9. The lowest BCUT2D eigenvalue weighted by Crippen LogP contribution is -2.36. The molecule has 0 aliphatic rings. The lowest BCUT2D eigenvalue weighted by atomic mass is 10.1. The number of hydrogen-bond acceptors (Lipinski definition) is 2. The van der Waals surface area contributed by atoms with Crippen LogP contribution in [0.5, 0.6) is 0 Å². The van der Waals surface area contributed by atoms with Crippen molar-refractivity contribution in [1.29, 1.82) is 0 Å². The van der Waals surface area contributed by atoms with Crippen LogP contribution in [0.25, 0.3) is 0 Å². The Morgan fingerprint density at radius 2 is 1.48 bits per heavy atom. The number of alkyl halides is 9.